The first-order valence-electron chi connectivity index (χ1n) is 11.1. The second-order valence-electron chi connectivity index (χ2n) is 7.90. The molecule has 0 saturated heterocycles. The van der Waals surface area contributed by atoms with Crippen molar-refractivity contribution in [1.82, 2.24) is 0 Å². The van der Waals surface area contributed by atoms with Gasteiger partial charge in [0.15, 0.2) is 11.5 Å². The third-order valence-corrected chi connectivity index (χ3v) is 5.88. The summed E-state index contributed by atoms with van der Waals surface area (Å²) in [5.74, 6) is 1.16. The second kappa shape index (κ2) is 8.94. The van der Waals surface area contributed by atoms with Gasteiger partial charge in [0, 0.05) is 6.42 Å². The summed E-state index contributed by atoms with van der Waals surface area (Å²) >= 11 is 0. The van der Waals surface area contributed by atoms with E-state index < -0.39 is 5.63 Å². The van der Waals surface area contributed by atoms with Gasteiger partial charge in [-0.05, 0) is 48.9 Å². The molecule has 4 aromatic rings. The highest BCUT2D eigenvalue weighted by Crippen LogP contribution is 2.41. The highest BCUT2D eigenvalue weighted by molar-refractivity contribution is 6.08. The van der Waals surface area contributed by atoms with Gasteiger partial charge in [0.25, 0.3) is 0 Å². The monoisotopic (exact) mass is 456 g/mol. The van der Waals surface area contributed by atoms with Crippen LogP contribution in [-0.2, 0) is 0 Å². The molecule has 34 heavy (non-hydrogen) atoms. The summed E-state index contributed by atoms with van der Waals surface area (Å²) in [6.07, 6.45) is 0.392. The Morgan fingerprint density at radius 1 is 1.06 bits per heavy atom. The third kappa shape index (κ3) is 3.75. The van der Waals surface area contributed by atoms with E-state index in [1.807, 2.05) is 60.5 Å². The Bertz CT molecular complexity index is 1430. The van der Waals surface area contributed by atoms with E-state index in [9.17, 15) is 9.90 Å². The molecule has 0 aliphatic carbocycles. The first-order chi connectivity index (χ1) is 16.6. The zero-order chi connectivity index (χ0) is 23.7. The quantitative estimate of drug-likeness (QED) is 0.398. The number of para-hydroxylation sites is 2. The largest absolute Gasteiger partial charge is 0.506 e. The zero-order valence-corrected chi connectivity index (χ0v) is 18.9. The lowest BCUT2D eigenvalue weighted by Crippen LogP contribution is -2.18. The maximum absolute atomic E-state index is 12.9. The van der Waals surface area contributed by atoms with Crippen molar-refractivity contribution < 1.29 is 19.0 Å². The number of fused-ring (bicyclic) bond motifs is 1. The molecule has 5 rings (SSSR count). The van der Waals surface area contributed by atoms with Crippen LogP contribution >= 0.6 is 0 Å². The van der Waals surface area contributed by atoms with Crippen molar-refractivity contribution in [2.24, 2.45) is 5.10 Å². The summed E-state index contributed by atoms with van der Waals surface area (Å²) in [6, 6.07) is 22.2. The Hall–Kier alpha value is -4.26. The van der Waals surface area contributed by atoms with E-state index in [4.69, 9.17) is 19.0 Å². The van der Waals surface area contributed by atoms with E-state index in [2.05, 4.69) is 0 Å². The molecule has 1 aliphatic heterocycles. The van der Waals surface area contributed by atoms with Crippen LogP contribution in [0.3, 0.4) is 0 Å². The Balaban J connectivity index is 1.62. The number of aromatic hydroxyl groups is 1. The number of methoxy groups -OCH3 is 1. The van der Waals surface area contributed by atoms with Gasteiger partial charge in [-0.15, -0.1) is 0 Å². The molecule has 1 aromatic heterocycles. The van der Waals surface area contributed by atoms with E-state index in [0.29, 0.717) is 41.2 Å². The van der Waals surface area contributed by atoms with Gasteiger partial charge in [0.2, 0.25) is 0 Å². The van der Waals surface area contributed by atoms with Crippen LogP contribution in [-0.4, -0.2) is 24.5 Å². The molecule has 3 aromatic carbocycles. The van der Waals surface area contributed by atoms with Gasteiger partial charge in [0.1, 0.15) is 16.9 Å². The Morgan fingerprint density at radius 3 is 2.59 bits per heavy atom. The standard InChI is InChI=1S/C27H24N2O5/c1-3-33-23-14-13-17(15-24(23)32-2)21-16-20(28-29(21)18-9-5-4-6-10-18)25-26(30)19-11-7-8-12-22(19)34-27(25)31/h4-15,21,30H,3,16H2,1-2H3/t21-/m1/s1. The van der Waals surface area contributed by atoms with Crippen LogP contribution in [0.2, 0.25) is 0 Å². The molecule has 1 atom stereocenters. The molecule has 0 unspecified atom stereocenters. The van der Waals surface area contributed by atoms with Crippen molar-refractivity contribution in [3.63, 3.8) is 0 Å². The summed E-state index contributed by atoms with van der Waals surface area (Å²) < 4.78 is 16.7. The predicted octanol–water partition coefficient (Wildman–Crippen LogP) is 5.26. The van der Waals surface area contributed by atoms with Crippen LogP contribution in [0.5, 0.6) is 17.2 Å². The SMILES string of the molecule is CCOc1ccc([C@H]2CC(c3c(O)c4ccccc4oc3=O)=NN2c2ccccc2)cc1OC. The maximum atomic E-state index is 12.9. The number of nitrogens with zero attached hydrogens (tertiary/aromatic N) is 2. The predicted molar refractivity (Wildman–Crippen MR) is 131 cm³/mol. The number of benzene rings is 3. The van der Waals surface area contributed by atoms with Gasteiger partial charge in [-0.2, -0.15) is 5.10 Å². The fourth-order valence-electron chi connectivity index (χ4n) is 4.29. The summed E-state index contributed by atoms with van der Waals surface area (Å²) in [5, 5.41) is 18.1. The molecule has 1 N–H and O–H groups in total. The number of hydrogen-bond donors (Lipinski definition) is 1. The van der Waals surface area contributed by atoms with Gasteiger partial charge in [-0.25, -0.2) is 4.79 Å². The number of ether oxygens (including phenoxy) is 2. The molecule has 0 radical (unpaired) electrons. The van der Waals surface area contributed by atoms with E-state index in [-0.39, 0.29) is 17.4 Å². The van der Waals surface area contributed by atoms with Crippen molar-refractivity contribution in [3.8, 4) is 17.2 Å². The van der Waals surface area contributed by atoms with Crippen molar-refractivity contribution in [3.05, 3.63) is 94.3 Å². The summed E-state index contributed by atoms with van der Waals surface area (Å²) in [6.45, 7) is 2.45. The molecule has 7 nitrogen and oxygen atoms in total. The minimum atomic E-state index is -0.618. The average molecular weight is 456 g/mol. The molecule has 0 amide bonds. The molecule has 0 fully saturated rings. The van der Waals surface area contributed by atoms with E-state index in [1.54, 1.807) is 31.4 Å². The topological polar surface area (TPSA) is 84.5 Å². The Morgan fingerprint density at radius 2 is 1.82 bits per heavy atom. The molecule has 0 bridgehead atoms. The lowest BCUT2D eigenvalue weighted by Gasteiger charge is -2.24. The smallest absolute Gasteiger partial charge is 0.349 e. The minimum Gasteiger partial charge on any atom is -0.506 e. The summed E-state index contributed by atoms with van der Waals surface area (Å²) in [5.41, 5.74) is 2.05. The zero-order valence-electron chi connectivity index (χ0n) is 18.9. The van der Waals surface area contributed by atoms with Gasteiger partial charge >= 0.3 is 5.63 Å². The Kier molecular flexibility index (Phi) is 5.67. The van der Waals surface area contributed by atoms with Gasteiger partial charge < -0.3 is 19.0 Å². The van der Waals surface area contributed by atoms with Gasteiger partial charge in [0.05, 0.1) is 36.5 Å². The number of rotatable bonds is 6. The number of hydrazone groups is 1. The van der Waals surface area contributed by atoms with Crippen LogP contribution in [0.15, 0.2) is 87.1 Å². The fourth-order valence-corrected chi connectivity index (χ4v) is 4.29. The van der Waals surface area contributed by atoms with Gasteiger partial charge in [-0.3, -0.25) is 5.01 Å². The summed E-state index contributed by atoms with van der Waals surface area (Å²) in [7, 11) is 1.60. The normalized spacial score (nSPS) is 15.4. The molecular weight excluding hydrogens is 432 g/mol. The van der Waals surface area contributed by atoms with Crippen LogP contribution in [0.4, 0.5) is 5.69 Å². The lowest BCUT2D eigenvalue weighted by molar-refractivity contribution is 0.310. The highest BCUT2D eigenvalue weighted by Gasteiger charge is 2.33. The van der Waals surface area contributed by atoms with E-state index in [1.165, 1.54) is 0 Å². The first-order valence-corrected chi connectivity index (χ1v) is 11.1. The number of hydrogen-bond acceptors (Lipinski definition) is 7. The van der Waals surface area contributed by atoms with E-state index >= 15 is 0 Å². The molecule has 172 valence electrons. The van der Waals surface area contributed by atoms with Crippen LogP contribution in [0, 0.1) is 0 Å². The third-order valence-electron chi connectivity index (χ3n) is 5.88. The average Bonchev–Trinajstić information content (AvgIpc) is 3.30. The highest BCUT2D eigenvalue weighted by atomic mass is 16.5. The molecule has 0 spiro atoms. The van der Waals surface area contributed by atoms with Crippen LogP contribution in [0.1, 0.15) is 30.5 Å². The van der Waals surface area contributed by atoms with Crippen LogP contribution in [0.25, 0.3) is 11.0 Å². The van der Waals surface area contributed by atoms with E-state index in [0.717, 1.165) is 11.3 Å². The molecular formula is C27H24N2O5. The fraction of sp³-hybridized carbons (Fsp3) is 0.185. The molecule has 1 aliphatic rings. The first kappa shape index (κ1) is 21.6. The molecule has 0 saturated carbocycles. The van der Waals surface area contributed by atoms with Crippen molar-refractivity contribution in [2.45, 2.75) is 19.4 Å². The minimum absolute atomic E-state index is 0.0834. The second-order valence-corrected chi connectivity index (χ2v) is 7.90. The van der Waals surface area contributed by atoms with Gasteiger partial charge in [-0.1, -0.05) is 36.4 Å². The lowest BCUT2D eigenvalue weighted by atomic mass is 9.97. The molecule has 7 heteroatoms. The summed E-state index contributed by atoms with van der Waals surface area (Å²) in [4.78, 5) is 12.9. The Labute approximate surface area is 196 Å². The van der Waals surface area contributed by atoms with Crippen molar-refractivity contribution >= 4 is 22.4 Å². The van der Waals surface area contributed by atoms with Crippen LogP contribution < -0.4 is 20.1 Å². The van der Waals surface area contributed by atoms with Crippen molar-refractivity contribution in [1.29, 1.82) is 0 Å². The maximum Gasteiger partial charge on any atom is 0.349 e. The molecule has 2 heterocycles. The number of anilines is 1. The van der Waals surface area contributed by atoms with Crippen molar-refractivity contribution in [2.75, 3.05) is 18.7 Å².